The second-order valence-corrected chi connectivity index (χ2v) is 4.60. The molecule has 0 unspecified atom stereocenters. The Kier molecular flexibility index (Phi) is 4.06. The Bertz CT molecular complexity index is 607. The van der Waals surface area contributed by atoms with Gasteiger partial charge >= 0.3 is 0 Å². The summed E-state index contributed by atoms with van der Waals surface area (Å²) in [7, 11) is 0. The van der Waals surface area contributed by atoms with Crippen molar-refractivity contribution in [1.82, 2.24) is 4.98 Å². The van der Waals surface area contributed by atoms with E-state index in [0.717, 1.165) is 17.7 Å². The van der Waals surface area contributed by atoms with E-state index in [0.29, 0.717) is 6.54 Å². The molecule has 0 aliphatic carbocycles. The number of nitrogens with zero attached hydrogens (tertiary/aromatic N) is 2. The SMILES string of the molecule is O=[N+]([O-])c1cc(Br)c(F)cc1NCc1ccncc1. The molecule has 2 rings (SSSR count). The van der Waals surface area contributed by atoms with Crippen molar-refractivity contribution in [1.29, 1.82) is 0 Å². The Balaban J connectivity index is 2.24. The predicted octanol–water partition coefficient (Wildman–Crippen LogP) is 3.50. The van der Waals surface area contributed by atoms with Crippen LogP contribution in [-0.4, -0.2) is 9.91 Å². The number of nitro benzene ring substituents is 1. The monoisotopic (exact) mass is 325 g/mol. The van der Waals surface area contributed by atoms with Crippen LogP contribution in [0.1, 0.15) is 5.56 Å². The van der Waals surface area contributed by atoms with E-state index >= 15 is 0 Å². The number of pyridine rings is 1. The lowest BCUT2D eigenvalue weighted by Gasteiger charge is -2.08. The molecule has 0 spiro atoms. The largest absolute Gasteiger partial charge is 0.375 e. The van der Waals surface area contributed by atoms with E-state index in [9.17, 15) is 14.5 Å². The molecule has 0 aliphatic heterocycles. The fourth-order valence-electron chi connectivity index (χ4n) is 1.53. The van der Waals surface area contributed by atoms with Crippen LogP contribution in [0.15, 0.2) is 41.1 Å². The molecule has 7 heteroatoms. The lowest BCUT2D eigenvalue weighted by Crippen LogP contribution is -2.03. The van der Waals surface area contributed by atoms with Crippen LogP contribution in [0.3, 0.4) is 0 Å². The standard InChI is InChI=1S/C12H9BrFN3O2/c13-9-5-12(17(18)19)11(6-10(9)14)16-7-8-1-3-15-4-2-8/h1-6,16H,7H2. The number of rotatable bonds is 4. The maximum Gasteiger partial charge on any atom is 0.293 e. The first kappa shape index (κ1) is 13.4. The molecule has 1 N–H and O–H groups in total. The van der Waals surface area contributed by atoms with Crippen molar-refractivity contribution in [3.63, 3.8) is 0 Å². The van der Waals surface area contributed by atoms with Crippen LogP contribution in [0.5, 0.6) is 0 Å². The summed E-state index contributed by atoms with van der Waals surface area (Å²) < 4.78 is 13.5. The average Bonchev–Trinajstić information content (AvgIpc) is 2.40. The van der Waals surface area contributed by atoms with Gasteiger partial charge in [-0.3, -0.25) is 15.1 Å². The van der Waals surface area contributed by atoms with Gasteiger partial charge in [-0.05, 0) is 33.6 Å². The molecule has 0 radical (unpaired) electrons. The van der Waals surface area contributed by atoms with Crippen molar-refractivity contribution in [3.8, 4) is 0 Å². The normalized spacial score (nSPS) is 10.2. The summed E-state index contributed by atoms with van der Waals surface area (Å²) in [6.07, 6.45) is 3.24. The number of aromatic nitrogens is 1. The van der Waals surface area contributed by atoms with E-state index in [1.165, 1.54) is 0 Å². The third kappa shape index (κ3) is 3.25. The van der Waals surface area contributed by atoms with Gasteiger partial charge in [0.05, 0.1) is 9.40 Å². The molecule has 0 saturated carbocycles. The summed E-state index contributed by atoms with van der Waals surface area (Å²) in [4.78, 5) is 14.2. The summed E-state index contributed by atoms with van der Waals surface area (Å²) in [6, 6.07) is 5.79. The predicted molar refractivity (Wildman–Crippen MR) is 72.3 cm³/mol. The highest BCUT2D eigenvalue weighted by atomic mass is 79.9. The van der Waals surface area contributed by atoms with Crippen molar-refractivity contribution in [2.75, 3.05) is 5.32 Å². The molecule has 98 valence electrons. The van der Waals surface area contributed by atoms with Gasteiger partial charge < -0.3 is 5.32 Å². The third-order valence-electron chi connectivity index (χ3n) is 2.47. The molecular weight excluding hydrogens is 317 g/mol. The topological polar surface area (TPSA) is 68.1 Å². The molecule has 1 heterocycles. The second-order valence-electron chi connectivity index (χ2n) is 3.75. The van der Waals surface area contributed by atoms with Crippen molar-refractivity contribution < 1.29 is 9.31 Å². The highest BCUT2D eigenvalue weighted by Gasteiger charge is 2.17. The summed E-state index contributed by atoms with van der Waals surface area (Å²) in [6.45, 7) is 0.352. The molecule has 0 aliphatic rings. The zero-order valence-electron chi connectivity index (χ0n) is 9.64. The van der Waals surface area contributed by atoms with E-state index < -0.39 is 10.7 Å². The highest BCUT2D eigenvalue weighted by molar-refractivity contribution is 9.10. The first-order valence-corrected chi connectivity index (χ1v) is 6.13. The summed E-state index contributed by atoms with van der Waals surface area (Å²) in [5.41, 5.74) is 0.859. The molecule has 0 saturated heterocycles. The fourth-order valence-corrected chi connectivity index (χ4v) is 1.86. The van der Waals surface area contributed by atoms with E-state index in [4.69, 9.17) is 0 Å². The van der Waals surface area contributed by atoms with E-state index in [1.807, 2.05) is 0 Å². The van der Waals surface area contributed by atoms with Crippen molar-refractivity contribution in [2.24, 2.45) is 0 Å². The van der Waals surface area contributed by atoms with E-state index in [2.05, 4.69) is 26.2 Å². The Labute approximate surface area is 116 Å². The zero-order valence-corrected chi connectivity index (χ0v) is 11.2. The zero-order chi connectivity index (χ0) is 13.8. The van der Waals surface area contributed by atoms with Gasteiger partial charge in [-0.2, -0.15) is 0 Å². The first-order valence-electron chi connectivity index (χ1n) is 5.34. The molecule has 0 amide bonds. The van der Waals surface area contributed by atoms with Gasteiger partial charge in [0, 0.05) is 31.1 Å². The maximum absolute atomic E-state index is 13.4. The number of halogens is 2. The quantitative estimate of drug-likeness (QED) is 0.690. The minimum absolute atomic E-state index is 0.0636. The van der Waals surface area contributed by atoms with Crippen LogP contribution < -0.4 is 5.32 Å². The number of anilines is 1. The van der Waals surface area contributed by atoms with Crippen LogP contribution in [0, 0.1) is 15.9 Å². The third-order valence-corrected chi connectivity index (χ3v) is 3.08. The lowest BCUT2D eigenvalue weighted by molar-refractivity contribution is -0.384. The molecule has 2 aromatic rings. The van der Waals surface area contributed by atoms with Gasteiger partial charge in [0.1, 0.15) is 11.5 Å². The minimum Gasteiger partial charge on any atom is -0.375 e. The van der Waals surface area contributed by atoms with Crippen molar-refractivity contribution >= 4 is 27.3 Å². The smallest absolute Gasteiger partial charge is 0.293 e. The van der Waals surface area contributed by atoms with Gasteiger partial charge in [0.15, 0.2) is 0 Å². The average molecular weight is 326 g/mol. The van der Waals surface area contributed by atoms with E-state index in [1.54, 1.807) is 24.5 Å². The Morgan fingerprint density at radius 1 is 1.37 bits per heavy atom. The molecule has 0 fully saturated rings. The number of hydrogen-bond donors (Lipinski definition) is 1. The van der Waals surface area contributed by atoms with Gasteiger partial charge in [0.25, 0.3) is 5.69 Å². The molecular formula is C12H9BrFN3O2. The van der Waals surface area contributed by atoms with Crippen molar-refractivity contribution in [2.45, 2.75) is 6.54 Å². The Hall–Kier alpha value is -2.02. The van der Waals surface area contributed by atoms with Crippen LogP contribution in [-0.2, 0) is 6.54 Å². The molecule has 1 aromatic heterocycles. The number of hydrogen-bond acceptors (Lipinski definition) is 4. The highest BCUT2D eigenvalue weighted by Crippen LogP contribution is 2.30. The van der Waals surface area contributed by atoms with Gasteiger partial charge in [-0.25, -0.2) is 4.39 Å². The first-order chi connectivity index (χ1) is 9.08. The number of nitrogens with one attached hydrogen (secondary N) is 1. The molecule has 0 atom stereocenters. The van der Waals surface area contributed by atoms with Gasteiger partial charge in [0.2, 0.25) is 0 Å². The molecule has 0 bridgehead atoms. The van der Waals surface area contributed by atoms with Crippen LogP contribution >= 0.6 is 15.9 Å². The summed E-state index contributed by atoms with van der Waals surface area (Å²) in [5.74, 6) is -0.553. The van der Waals surface area contributed by atoms with Crippen LogP contribution in [0.2, 0.25) is 0 Å². The number of nitro groups is 1. The van der Waals surface area contributed by atoms with Gasteiger partial charge in [-0.15, -0.1) is 0 Å². The Morgan fingerprint density at radius 3 is 2.68 bits per heavy atom. The summed E-state index contributed by atoms with van der Waals surface area (Å²) in [5, 5.41) is 13.8. The van der Waals surface area contributed by atoms with Gasteiger partial charge in [-0.1, -0.05) is 0 Å². The van der Waals surface area contributed by atoms with E-state index in [-0.39, 0.29) is 15.8 Å². The molecule has 1 aromatic carbocycles. The molecule has 5 nitrogen and oxygen atoms in total. The lowest BCUT2D eigenvalue weighted by atomic mass is 10.2. The minimum atomic E-state index is -0.556. The second kappa shape index (κ2) is 5.75. The summed E-state index contributed by atoms with van der Waals surface area (Å²) >= 11 is 2.93. The fraction of sp³-hybridized carbons (Fsp3) is 0.0833. The maximum atomic E-state index is 13.4. The van der Waals surface area contributed by atoms with Crippen molar-refractivity contribution in [3.05, 3.63) is 62.6 Å². The van der Waals surface area contributed by atoms with Crippen LogP contribution in [0.4, 0.5) is 15.8 Å². The molecule has 19 heavy (non-hydrogen) atoms. The van der Waals surface area contributed by atoms with Crippen LogP contribution in [0.25, 0.3) is 0 Å². The Morgan fingerprint density at radius 2 is 2.05 bits per heavy atom. The number of benzene rings is 1.